The highest BCUT2D eigenvalue weighted by Crippen LogP contribution is 2.17. The molecule has 100 valence electrons. The van der Waals surface area contributed by atoms with Gasteiger partial charge in [0.15, 0.2) is 0 Å². The van der Waals surface area contributed by atoms with Crippen molar-refractivity contribution in [1.29, 1.82) is 0 Å². The number of para-hydroxylation sites is 1. The van der Waals surface area contributed by atoms with Gasteiger partial charge in [0.25, 0.3) is 0 Å². The minimum Gasteiger partial charge on any atom is -0.313 e. The average Bonchev–Trinajstić information content (AvgIpc) is 2.90. The van der Waals surface area contributed by atoms with Crippen molar-refractivity contribution in [3.05, 3.63) is 42.2 Å². The van der Waals surface area contributed by atoms with Crippen molar-refractivity contribution in [2.75, 3.05) is 6.54 Å². The molecule has 0 spiro atoms. The van der Waals surface area contributed by atoms with Crippen LogP contribution in [0.2, 0.25) is 0 Å². The number of hydrogen-bond acceptors (Lipinski definition) is 3. The van der Waals surface area contributed by atoms with E-state index in [1.165, 1.54) is 18.5 Å². The summed E-state index contributed by atoms with van der Waals surface area (Å²) in [6.45, 7) is 3.43. The molecule has 2 unspecified atom stereocenters. The Kier molecular flexibility index (Phi) is 3.60. The summed E-state index contributed by atoms with van der Waals surface area (Å²) in [6, 6.07) is 10.8. The number of nitrogens with zero attached hydrogens (tertiary/aromatic N) is 3. The molecule has 19 heavy (non-hydrogen) atoms. The molecule has 2 atom stereocenters. The zero-order valence-electron chi connectivity index (χ0n) is 11.3. The summed E-state index contributed by atoms with van der Waals surface area (Å²) in [5.41, 5.74) is 2.26. The average molecular weight is 256 g/mol. The van der Waals surface area contributed by atoms with Gasteiger partial charge in [0.1, 0.15) is 0 Å². The second-order valence-electron chi connectivity index (χ2n) is 5.46. The Hall–Kier alpha value is -1.68. The predicted molar refractivity (Wildman–Crippen MR) is 75.3 cm³/mol. The lowest BCUT2D eigenvalue weighted by Gasteiger charge is -2.27. The highest BCUT2D eigenvalue weighted by molar-refractivity contribution is 5.31. The van der Waals surface area contributed by atoms with Crippen LogP contribution in [0.5, 0.6) is 0 Å². The summed E-state index contributed by atoms with van der Waals surface area (Å²) >= 11 is 0. The third kappa shape index (κ3) is 2.84. The molecule has 0 saturated carbocycles. The Bertz CT molecular complexity index is 512. The standard InChI is InChI=1S/C15H20N4/c1-12-7-8-13(16-10-12)9-15-11-17-18-19(15)14-5-3-2-4-6-14/h2-6,11-13,16H,7-10H2,1H3. The Labute approximate surface area is 113 Å². The van der Waals surface area contributed by atoms with E-state index in [4.69, 9.17) is 0 Å². The van der Waals surface area contributed by atoms with E-state index in [0.29, 0.717) is 6.04 Å². The van der Waals surface area contributed by atoms with E-state index < -0.39 is 0 Å². The molecule has 1 aromatic carbocycles. The molecule has 1 fully saturated rings. The van der Waals surface area contributed by atoms with Crippen LogP contribution in [0.3, 0.4) is 0 Å². The minimum atomic E-state index is 0.553. The molecule has 4 heteroatoms. The molecule has 1 N–H and O–H groups in total. The van der Waals surface area contributed by atoms with Crippen molar-refractivity contribution in [3.8, 4) is 5.69 Å². The minimum absolute atomic E-state index is 0.553. The lowest BCUT2D eigenvalue weighted by atomic mass is 9.94. The highest BCUT2D eigenvalue weighted by atomic mass is 15.4. The summed E-state index contributed by atoms with van der Waals surface area (Å²) in [4.78, 5) is 0. The Morgan fingerprint density at radius 1 is 1.26 bits per heavy atom. The lowest BCUT2D eigenvalue weighted by Crippen LogP contribution is -2.39. The van der Waals surface area contributed by atoms with Crippen molar-refractivity contribution in [2.24, 2.45) is 5.92 Å². The first-order valence-electron chi connectivity index (χ1n) is 7.01. The van der Waals surface area contributed by atoms with E-state index in [2.05, 4.69) is 34.7 Å². The van der Waals surface area contributed by atoms with Crippen molar-refractivity contribution in [2.45, 2.75) is 32.2 Å². The zero-order chi connectivity index (χ0) is 13.1. The maximum atomic E-state index is 4.21. The normalized spacial score (nSPS) is 23.4. The van der Waals surface area contributed by atoms with Crippen LogP contribution in [0.25, 0.3) is 5.69 Å². The van der Waals surface area contributed by atoms with E-state index in [-0.39, 0.29) is 0 Å². The fourth-order valence-corrected chi connectivity index (χ4v) is 2.67. The van der Waals surface area contributed by atoms with Crippen molar-refractivity contribution >= 4 is 0 Å². The van der Waals surface area contributed by atoms with Crippen LogP contribution >= 0.6 is 0 Å². The van der Waals surface area contributed by atoms with Gasteiger partial charge in [-0.15, -0.1) is 5.10 Å². The molecule has 2 heterocycles. The SMILES string of the molecule is CC1CCC(Cc2cnnn2-c2ccccc2)NC1. The predicted octanol–water partition coefficient (Wildman–Crippen LogP) is 2.20. The van der Waals surface area contributed by atoms with Gasteiger partial charge in [-0.3, -0.25) is 0 Å². The lowest BCUT2D eigenvalue weighted by molar-refractivity contribution is 0.324. The van der Waals surface area contributed by atoms with E-state index in [0.717, 1.165) is 24.6 Å². The molecule has 1 aliphatic heterocycles. The molecular weight excluding hydrogens is 236 g/mol. The quantitative estimate of drug-likeness (QED) is 0.915. The molecule has 0 bridgehead atoms. The highest BCUT2D eigenvalue weighted by Gasteiger charge is 2.19. The largest absolute Gasteiger partial charge is 0.313 e. The summed E-state index contributed by atoms with van der Waals surface area (Å²) in [5, 5.41) is 11.9. The molecule has 1 aliphatic rings. The molecule has 0 amide bonds. The summed E-state index contributed by atoms with van der Waals surface area (Å²) in [5.74, 6) is 0.799. The maximum Gasteiger partial charge on any atom is 0.0730 e. The van der Waals surface area contributed by atoms with Crippen LogP contribution in [0.15, 0.2) is 36.5 Å². The Morgan fingerprint density at radius 2 is 2.11 bits per heavy atom. The molecule has 0 radical (unpaired) electrons. The van der Waals surface area contributed by atoms with Crippen molar-refractivity contribution in [3.63, 3.8) is 0 Å². The van der Waals surface area contributed by atoms with Crippen molar-refractivity contribution in [1.82, 2.24) is 20.3 Å². The molecule has 2 aromatic rings. The number of rotatable bonds is 3. The van der Waals surface area contributed by atoms with Gasteiger partial charge >= 0.3 is 0 Å². The summed E-state index contributed by atoms with van der Waals surface area (Å²) in [6.07, 6.45) is 5.42. The second kappa shape index (κ2) is 5.53. The van der Waals surface area contributed by atoms with Gasteiger partial charge in [0.2, 0.25) is 0 Å². The van der Waals surface area contributed by atoms with Crippen LogP contribution < -0.4 is 5.32 Å². The van der Waals surface area contributed by atoms with E-state index in [1.54, 1.807) is 0 Å². The van der Waals surface area contributed by atoms with Crippen LogP contribution in [0.1, 0.15) is 25.5 Å². The first-order chi connectivity index (χ1) is 9.33. The number of piperidine rings is 1. The fraction of sp³-hybridized carbons (Fsp3) is 0.467. The van der Waals surface area contributed by atoms with Gasteiger partial charge in [0.05, 0.1) is 17.6 Å². The van der Waals surface area contributed by atoms with Crippen LogP contribution in [0, 0.1) is 5.92 Å². The molecule has 3 rings (SSSR count). The van der Waals surface area contributed by atoms with Crippen LogP contribution in [-0.4, -0.2) is 27.6 Å². The first-order valence-corrected chi connectivity index (χ1v) is 7.01. The number of nitrogens with one attached hydrogen (secondary N) is 1. The van der Waals surface area contributed by atoms with E-state index in [9.17, 15) is 0 Å². The topological polar surface area (TPSA) is 42.7 Å². The fourth-order valence-electron chi connectivity index (χ4n) is 2.67. The molecule has 4 nitrogen and oxygen atoms in total. The number of benzene rings is 1. The van der Waals surface area contributed by atoms with Gasteiger partial charge in [-0.2, -0.15) is 0 Å². The van der Waals surface area contributed by atoms with Crippen LogP contribution in [0.4, 0.5) is 0 Å². The van der Waals surface area contributed by atoms with Crippen molar-refractivity contribution < 1.29 is 0 Å². The Balaban J connectivity index is 1.74. The van der Waals surface area contributed by atoms with Gasteiger partial charge in [-0.05, 0) is 37.4 Å². The number of hydrogen-bond donors (Lipinski definition) is 1. The van der Waals surface area contributed by atoms with Gasteiger partial charge in [0, 0.05) is 12.5 Å². The summed E-state index contributed by atoms with van der Waals surface area (Å²) in [7, 11) is 0. The third-order valence-electron chi connectivity index (χ3n) is 3.84. The van der Waals surface area contributed by atoms with E-state index >= 15 is 0 Å². The van der Waals surface area contributed by atoms with Gasteiger partial charge < -0.3 is 5.32 Å². The Morgan fingerprint density at radius 3 is 2.84 bits per heavy atom. The third-order valence-corrected chi connectivity index (χ3v) is 3.84. The zero-order valence-corrected chi connectivity index (χ0v) is 11.3. The molecular formula is C15H20N4. The summed E-state index contributed by atoms with van der Waals surface area (Å²) < 4.78 is 1.94. The second-order valence-corrected chi connectivity index (χ2v) is 5.46. The van der Waals surface area contributed by atoms with Gasteiger partial charge in [-0.1, -0.05) is 30.3 Å². The van der Waals surface area contributed by atoms with Crippen LogP contribution in [-0.2, 0) is 6.42 Å². The van der Waals surface area contributed by atoms with E-state index in [1.807, 2.05) is 29.1 Å². The molecule has 1 aromatic heterocycles. The number of aromatic nitrogens is 3. The molecule has 1 saturated heterocycles. The monoisotopic (exact) mass is 256 g/mol. The molecule has 0 aliphatic carbocycles. The first kappa shape index (κ1) is 12.4. The van der Waals surface area contributed by atoms with Gasteiger partial charge in [-0.25, -0.2) is 4.68 Å². The maximum absolute atomic E-state index is 4.21. The smallest absolute Gasteiger partial charge is 0.0730 e.